The summed E-state index contributed by atoms with van der Waals surface area (Å²) in [5.41, 5.74) is 0.827. The molecule has 1 aromatic rings. The van der Waals surface area contributed by atoms with E-state index in [1.165, 1.54) is 25.7 Å². The molecule has 1 unspecified atom stereocenters. The first-order chi connectivity index (χ1) is 9.20. The van der Waals surface area contributed by atoms with Crippen molar-refractivity contribution in [1.82, 2.24) is 4.90 Å². The lowest BCUT2D eigenvalue weighted by molar-refractivity contribution is 0.0923. The van der Waals surface area contributed by atoms with Gasteiger partial charge in [0.15, 0.2) is 5.78 Å². The minimum absolute atomic E-state index is 0.257. The van der Waals surface area contributed by atoms with Crippen LogP contribution < -0.4 is 0 Å². The lowest BCUT2D eigenvalue weighted by Crippen LogP contribution is -2.40. The molecule has 0 radical (unpaired) electrons. The van der Waals surface area contributed by atoms with Crippen molar-refractivity contribution in [2.24, 2.45) is 0 Å². The van der Waals surface area contributed by atoms with Gasteiger partial charge in [0, 0.05) is 29.0 Å². The summed E-state index contributed by atoms with van der Waals surface area (Å²) in [6.45, 7) is 4.32. The third kappa shape index (κ3) is 4.15. The summed E-state index contributed by atoms with van der Waals surface area (Å²) in [5, 5.41) is 0. The molecule has 1 atom stereocenters. The van der Waals surface area contributed by atoms with Crippen molar-refractivity contribution >= 4 is 21.7 Å². The van der Waals surface area contributed by atoms with Crippen LogP contribution in [0.25, 0.3) is 0 Å². The standard InChI is InChI=1S/C16H22BrNO/c1-2-15-5-3-4-11-18(15)12-10-16(19)13-6-8-14(17)9-7-13/h6-9,15H,2-5,10-12H2,1H3. The van der Waals surface area contributed by atoms with E-state index in [1.54, 1.807) is 0 Å². The van der Waals surface area contributed by atoms with Crippen molar-refractivity contribution in [2.75, 3.05) is 13.1 Å². The number of carbonyl (C=O) groups is 1. The van der Waals surface area contributed by atoms with Crippen LogP contribution in [0.15, 0.2) is 28.7 Å². The first-order valence-electron chi connectivity index (χ1n) is 7.23. The Morgan fingerprint density at radius 2 is 2.05 bits per heavy atom. The lowest BCUT2D eigenvalue weighted by atomic mass is 9.99. The van der Waals surface area contributed by atoms with Crippen molar-refractivity contribution in [2.45, 2.75) is 45.1 Å². The predicted octanol–water partition coefficient (Wildman–Crippen LogP) is 4.29. The highest BCUT2D eigenvalue weighted by Gasteiger charge is 2.21. The van der Waals surface area contributed by atoms with E-state index in [0.717, 1.165) is 23.1 Å². The van der Waals surface area contributed by atoms with Gasteiger partial charge in [-0.25, -0.2) is 0 Å². The van der Waals surface area contributed by atoms with Crippen molar-refractivity contribution in [1.29, 1.82) is 0 Å². The molecule has 1 aromatic carbocycles. The fourth-order valence-electron chi connectivity index (χ4n) is 2.84. The Morgan fingerprint density at radius 1 is 1.32 bits per heavy atom. The molecule has 3 heteroatoms. The summed E-state index contributed by atoms with van der Waals surface area (Å²) in [6, 6.07) is 8.36. The second kappa shape index (κ2) is 7.20. The van der Waals surface area contributed by atoms with E-state index in [0.29, 0.717) is 12.5 Å². The molecule has 0 N–H and O–H groups in total. The zero-order valence-corrected chi connectivity index (χ0v) is 13.2. The molecule has 2 nitrogen and oxygen atoms in total. The van der Waals surface area contributed by atoms with Gasteiger partial charge in [-0.3, -0.25) is 9.69 Å². The molecule has 1 saturated heterocycles. The Labute approximate surface area is 124 Å². The monoisotopic (exact) mass is 323 g/mol. The Kier molecular flexibility index (Phi) is 5.59. The minimum Gasteiger partial charge on any atom is -0.300 e. The average Bonchev–Trinajstić information content (AvgIpc) is 2.45. The van der Waals surface area contributed by atoms with Gasteiger partial charge >= 0.3 is 0 Å². The molecule has 0 aliphatic carbocycles. The van der Waals surface area contributed by atoms with Crippen molar-refractivity contribution in [3.8, 4) is 0 Å². The molecule has 104 valence electrons. The smallest absolute Gasteiger partial charge is 0.164 e. The largest absolute Gasteiger partial charge is 0.300 e. The highest BCUT2D eigenvalue weighted by molar-refractivity contribution is 9.10. The van der Waals surface area contributed by atoms with Crippen LogP contribution in [0.1, 0.15) is 49.4 Å². The summed E-state index contributed by atoms with van der Waals surface area (Å²) in [4.78, 5) is 14.7. The molecule has 1 fully saturated rings. The fraction of sp³-hybridized carbons (Fsp3) is 0.562. The Morgan fingerprint density at radius 3 is 2.74 bits per heavy atom. The number of likely N-dealkylation sites (tertiary alicyclic amines) is 1. The second-order valence-electron chi connectivity index (χ2n) is 5.27. The summed E-state index contributed by atoms with van der Waals surface area (Å²) in [5.74, 6) is 0.257. The van der Waals surface area contributed by atoms with Crippen molar-refractivity contribution < 1.29 is 4.79 Å². The summed E-state index contributed by atoms with van der Waals surface area (Å²) in [7, 11) is 0. The van der Waals surface area contributed by atoms with E-state index in [4.69, 9.17) is 0 Å². The highest BCUT2D eigenvalue weighted by atomic mass is 79.9. The topological polar surface area (TPSA) is 20.3 Å². The molecule has 1 aliphatic heterocycles. The van der Waals surface area contributed by atoms with E-state index >= 15 is 0 Å². The maximum absolute atomic E-state index is 12.2. The van der Waals surface area contributed by atoms with Gasteiger partial charge in [-0.05, 0) is 37.9 Å². The summed E-state index contributed by atoms with van der Waals surface area (Å²) < 4.78 is 1.02. The van der Waals surface area contributed by atoms with E-state index in [-0.39, 0.29) is 5.78 Å². The number of piperidine rings is 1. The molecule has 1 aliphatic rings. The molecule has 0 aromatic heterocycles. The summed E-state index contributed by atoms with van der Waals surface area (Å²) in [6.07, 6.45) is 5.76. The zero-order valence-electron chi connectivity index (χ0n) is 11.6. The number of benzene rings is 1. The fourth-order valence-corrected chi connectivity index (χ4v) is 3.11. The molecule has 0 bridgehead atoms. The SMILES string of the molecule is CCC1CCCCN1CCC(=O)c1ccc(Br)cc1. The summed E-state index contributed by atoms with van der Waals surface area (Å²) >= 11 is 3.39. The van der Waals surface area contributed by atoms with E-state index in [1.807, 2.05) is 24.3 Å². The molecule has 1 heterocycles. The van der Waals surface area contributed by atoms with E-state index < -0.39 is 0 Å². The quantitative estimate of drug-likeness (QED) is 0.753. The Hall–Kier alpha value is -0.670. The lowest BCUT2D eigenvalue weighted by Gasteiger charge is -2.35. The van der Waals surface area contributed by atoms with Gasteiger partial charge in [0.2, 0.25) is 0 Å². The molecule has 0 spiro atoms. The average molecular weight is 324 g/mol. The van der Waals surface area contributed by atoms with Gasteiger partial charge in [-0.1, -0.05) is 41.4 Å². The highest BCUT2D eigenvalue weighted by Crippen LogP contribution is 2.20. The van der Waals surface area contributed by atoms with Gasteiger partial charge in [0.05, 0.1) is 0 Å². The number of ketones is 1. The number of Topliss-reactive ketones (excluding diaryl/α,β-unsaturated/α-hetero) is 1. The zero-order chi connectivity index (χ0) is 13.7. The number of carbonyl (C=O) groups excluding carboxylic acids is 1. The number of rotatable bonds is 5. The maximum Gasteiger partial charge on any atom is 0.164 e. The van der Waals surface area contributed by atoms with Crippen LogP contribution >= 0.6 is 15.9 Å². The van der Waals surface area contributed by atoms with Crippen LogP contribution in [0.5, 0.6) is 0 Å². The number of hydrogen-bond donors (Lipinski definition) is 0. The normalized spacial score (nSPS) is 20.4. The van der Waals surface area contributed by atoms with Crippen molar-refractivity contribution in [3.05, 3.63) is 34.3 Å². The predicted molar refractivity (Wildman–Crippen MR) is 82.6 cm³/mol. The third-order valence-electron chi connectivity index (χ3n) is 4.01. The van der Waals surface area contributed by atoms with E-state index in [2.05, 4.69) is 27.8 Å². The second-order valence-corrected chi connectivity index (χ2v) is 6.19. The number of halogens is 1. The van der Waals surface area contributed by atoms with Crippen molar-refractivity contribution in [3.63, 3.8) is 0 Å². The van der Waals surface area contributed by atoms with Crippen LogP contribution in [0.3, 0.4) is 0 Å². The van der Waals surface area contributed by atoms with E-state index in [9.17, 15) is 4.79 Å². The van der Waals surface area contributed by atoms with Gasteiger partial charge < -0.3 is 0 Å². The number of hydrogen-bond acceptors (Lipinski definition) is 2. The molecule has 2 rings (SSSR count). The van der Waals surface area contributed by atoms with Crippen LogP contribution in [0, 0.1) is 0 Å². The van der Waals surface area contributed by atoms with Crippen LogP contribution in [0.2, 0.25) is 0 Å². The Balaban J connectivity index is 1.87. The molecule has 0 amide bonds. The van der Waals surface area contributed by atoms with Gasteiger partial charge in [0.1, 0.15) is 0 Å². The van der Waals surface area contributed by atoms with Crippen LogP contribution in [-0.4, -0.2) is 29.8 Å². The molecular weight excluding hydrogens is 302 g/mol. The van der Waals surface area contributed by atoms with Gasteiger partial charge in [-0.15, -0.1) is 0 Å². The molecule has 19 heavy (non-hydrogen) atoms. The third-order valence-corrected chi connectivity index (χ3v) is 4.54. The van der Waals surface area contributed by atoms with Gasteiger partial charge in [-0.2, -0.15) is 0 Å². The minimum atomic E-state index is 0.257. The van der Waals surface area contributed by atoms with Gasteiger partial charge in [0.25, 0.3) is 0 Å². The van der Waals surface area contributed by atoms with Crippen LogP contribution in [-0.2, 0) is 0 Å². The molecule has 0 saturated carbocycles. The Bertz CT molecular complexity index is 415. The van der Waals surface area contributed by atoms with Crippen LogP contribution in [0.4, 0.5) is 0 Å². The first-order valence-corrected chi connectivity index (χ1v) is 8.03. The maximum atomic E-state index is 12.2. The molecular formula is C16H22BrNO. The first kappa shape index (κ1) is 14.7. The number of nitrogens with zero attached hydrogens (tertiary/aromatic N) is 1.